The molecule has 2 aliphatic rings. The summed E-state index contributed by atoms with van der Waals surface area (Å²) < 4.78 is 0. The van der Waals surface area contributed by atoms with Crippen LogP contribution in [0.2, 0.25) is 0 Å². The average molecular weight is 579 g/mol. The molecule has 0 aliphatic carbocycles. The van der Waals surface area contributed by atoms with E-state index in [1.54, 1.807) is 0 Å². The van der Waals surface area contributed by atoms with Gasteiger partial charge in [0.15, 0.2) is 0 Å². The van der Waals surface area contributed by atoms with Gasteiger partial charge in [-0.2, -0.15) is 0 Å². The lowest BCUT2D eigenvalue weighted by Gasteiger charge is -2.38. The number of hydrogen-bond acceptors (Lipinski definition) is 4. The molecule has 8 nitrogen and oxygen atoms in total. The summed E-state index contributed by atoms with van der Waals surface area (Å²) in [6.07, 6.45) is 2.79. The minimum absolute atomic E-state index is 0.0644. The van der Waals surface area contributed by atoms with Gasteiger partial charge in [-0.05, 0) is 67.9 Å². The predicted molar refractivity (Wildman–Crippen MR) is 174 cm³/mol. The van der Waals surface area contributed by atoms with Gasteiger partial charge in [-0.1, -0.05) is 55.5 Å². The zero-order chi connectivity index (χ0) is 30.1. The molecule has 2 N–H and O–H groups in total. The van der Waals surface area contributed by atoms with Crippen molar-refractivity contribution in [2.45, 2.75) is 38.8 Å². The molecule has 0 saturated carbocycles. The Morgan fingerprint density at radius 3 is 2.44 bits per heavy atom. The second-order valence-corrected chi connectivity index (χ2v) is 12.2. The van der Waals surface area contributed by atoms with Crippen molar-refractivity contribution in [1.82, 2.24) is 20.1 Å². The number of nitrogens with one attached hydrogen (secondary N) is 2. The first-order valence-corrected chi connectivity index (χ1v) is 15.3. The fourth-order valence-corrected chi connectivity index (χ4v) is 6.63. The Hall–Kier alpha value is -4.30. The molecule has 3 aromatic carbocycles. The summed E-state index contributed by atoms with van der Waals surface area (Å²) in [5.41, 5.74) is 7.80. The third kappa shape index (κ3) is 5.84. The Bertz CT molecular complexity index is 1620. The van der Waals surface area contributed by atoms with Crippen LogP contribution in [0.4, 0.5) is 16.2 Å². The number of amides is 3. The van der Waals surface area contributed by atoms with Gasteiger partial charge in [-0.25, -0.2) is 4.79 Å². The van der Waals surface area contributed by atoms with Crippen LogP contribution in [-0.2, 0) is 17.8 Å². The van der Waals surface area contributed by atoms with Crippen LogP contribution in [0.3, 0.4) is 0 Å². The molecule has 1 saturated heterocycles. The van der Waals surface area contributed by atoms with Crippen LogP contribution in [0.15, 0.2) is 72.9 Å². The molecule has 4 aromatic rings. The number of carbonyl (C=O) groups excluding carboxylic acids is 2. The van der Waals surface area contributed by atoms with Gasteiger partial charge in [0.1, 0.15) is 6.04 Å². The number of aromatic nitrogens is 1. The summed E-state index contributed by atoms with van der Waals surface area (Å²) in [6, 6.07) is 22.0. The molecule has 3 heterocycles. The normalized spacial score (nSPS) is 16.4. The molecule has 0 bridgehead atoms. The van der Waals surface area contributed by atoms with Gasteiger partial charge < -0.3 is 29.9 Å². The van der Waals surface area contributed by atoms with Crippen molar-refractivity contribution in [3.8, 4) is 0 Å². The van der Waals surface area contributed by atoms with Crippen molar-refractivity contribution in [3.63, 3.8) is 0 Å². The smallest absolute Gasteiger partial charge is 0.318 e. The molecule has 1 fully saturated rings. The Kier molecular flexibility index (Phi) is 8.13. The van der Waals surface area contributed by atoms with Crippen LogP contribution < -0.4 is 15.1 Å². The van der Waals surface area contributed by atoms with Gasteiger partial charge >= 0.3 is 6.03 Å². The van der Waals surface area contributed by atoms with E-state index in [1.807, 2.05) is 55.2 Å². The van der Waals surface area contributed by atoms with Crippen molar-refractivity contribution in [2.24, 2.45) is 0 Å². The number of hydrogen-bond donors (Lipinski definition) is 2. The molecule has 2 aliphatic heterocycles. The van der Waals surface area contributed by atoms with E-state index in [-0.39, 0.29) is 17.9 Å². The number of urea groups is 1. The third-order valence-corrected chi connectivity index (χ3v) is 8.99. The fraction of sp³-hybridized carbons (Fsp3) is 0.371. The minimum atomic E-state index is -0.718. The zero-order valence-electron chi connectivity index (χ0n) is 25.6. The summed E-state index contributed by atoms with van der Waals surface area (Å²) in [5, 5.41) is 4.29. The molecular weight excluding hydrogens is 536 g/mol. The highest BCUT2D eigenvalue weighted by Gasteiger charge is 2.37. The first kappa shape index (κ1) is 28.8. The summed E-state index contributed by atoms with van der Waals surface area (Å²) >= 11 is 0. The van der Waals surface area contributed by atoms with Gasteiger partial charge in [-0.3, -0.25) is 4.79 Å². The second kappa shape index (κ2) is 12.1. The van der Waals surface area contributed by atoms with E-state index in [4.69, 9.17) is 0 Å². The SMILES string of the molecule is Cc1ccccc1N1CCN(C(=O)N[C@@H](C(=O)N2CCc3ccc(CN(C)C)cc32)[C@H](C)c2c[nH]c3ccccc23)CC1. The molecule has 43 heavy (non-hydrogen) atoms. The summed E-state index contributed by atoms with van der Waals surface area (Å²) in [7, 11) is 4.09. The lowest BCUT2D eigenvalue weighted by Crippen LogP contribution is -2.57. The monoisotopic (exact) mass is 578 g/mol. The molecule has 3 amide bonds. The highest BCUT2D eigenvalue weighted by Crippen LogP contribution is 2.34. The van der Waals surface area contributed by atoms with Crippen LogP contribution in [0, 0.1) is 6.92 Å². The van der Waals surface area contributed by atoms with Crippen molar-refractivity contribution in [3.05, 3.63) is 95.2 Å². The third-order valence-electron chi connectivity index (χ3n) is 8.99. The van der Waals surface area contributed by atoms with Crippen LogP contribution in [-0.4, -0.2) is 79.6 Å². The van der Waals surface area contributed by atoms with Gasteiger partial charge in [0.25, 0.3) is 0 Å². The predicted octanol–water partition coefficient (Wildman–Crippen LogP) is 5.13. The Morgan fingerprint density at radius 1 is 0.930 bits per heavy atom. The summed E-state index contributed by atoms with van der Waals surface area (Å²) in [6.45, 7) is 8.29. The van der Waals surface area contributed by atoms with Gasteiger partial charge in [0.2, 0.25) is 5.91 Å². The van der Waals surface area contributed by atoms with Crippen molar-refractivity contribution in [1.29, 1.82) is 0 Å². The number of aromatic amines is 1. The first-order chi connectivity index (χ1) is 20.8. The van der Waals surface area contributed by atoms with Crippen molar-refractivity contribution >= 4 is 34.2 Å². The molecule has 1 aromatic heterocycles. The standard InChI is InChI=1S/C35H42N6O2/c1-24-9-5-8-12-31(24)39-17-19-40(20-18-39)35(43)37-33(25(2)29-22-36-30-11-7-6-10-28(29)30)34(42)41-16-15-27-14-13-26(21-32(27)41)23-38(3)4/h5-14,21-22,25,33,36H,15-20,23H2,1-4H3,(H,37,43)/t25-,33-/m1/s1. The highest BCUT2D eigenvalue weighted by molar-refractivity contribution is 6.02. The number of para-hydroxylation sites is 2. The Labute approximate surface area is 254 Å². The maximum absolute atomic E-state index is 14.5. The van der Waals surface area contributed by atoms with E-state index in [2.05, 4.69) is 75.6 Å². The fourth-order valence-electron chi connectivity index (χ4n) is 6.63. The van der Waals surface area contributed by atoms with Gasteiger partial charge in [0, 0.05) is 73.7 Å². The molecule has 0 unspecified atom stereocenters. The number of fused-ring (bicyclic) bond motifs is 2. The zero-order valence-corrected chi connectivity index (χ0v) is 25.6. The lowest BCUT2D eigenvalue weighted by molar-refractivity contribution is -0.120. The topological polar surface area (TPSA) is 74.9 Å². The van der Waals surface area contributed by atoms with E-state index in [1.165, 1.54) is 22.4 Å². The number of anilines is 2. The number of nitrogens with zero attached hydrogens (tertiary/aromatic N) is 4. The lowest BCUT2D eigenvalue weighted by atomic mass is 9.91. The molecule has 224 valence electrons. The number of carbonyl (C=O) groups is 2. The number of piperazine rings is 1. The molecule has 2 atom stereocenters. The van der Waals surface area contributed by atoms with Gasteiger partial charge in [0.05, 0.1) is 0 Å². The summed E-state index contributed by atoms with van der Waals surface area (Å²) in [4.78, 5) is 39.8. The van der Waals surface area contributed by atoms with Crippen LogP contribution in [0.25, 0.3) is 10.9 Å². The van der Waals surface area contributed by atoms with E-state index in [9.17, 15) is 9.59 Å². The van der Waals surface area contributed by atoms with E-state index < -0.39 is 6.04 Å². The molecule has 0 spiro atoms. The minimum Gasteiger partial charge on any atom is -0.368 e. The van der Waals surface area contributed by atoms with Gasteiger partial charge in [-0.15, -0.1) is 0 Å². The van der Waals surface area contributed by atoms with Crippen molar-refractivity contribution < 1.29 is 9.59 Å². The molecule has 0 radical (unpaired) electrons. The highest BCUT2D eigenvalue weighted by atomic mass is 16.2. The number of benzene rings is 3. The van der Waals surface area contributed by atoms with E-state index in [0.717, 1.165) is 48.2 Å². The summed E-state index contributed by atoms with van der Waals surface area (Å²) in [5.74, 6) is -0.305. The van der Waals surface area contributed by atoms with Crippen LogP contribution in [0.1, 0.15) is 35.1 Å². The van der Waals surface area contributed by atoms with Crippen molar-refractivity contribution in [2.75, 3.05) is 56.6 Å². The van der Waals surface area contributed by atoms with Crippen LogP contribution in [0.5, 0.6) is 0 Å². The average Bonchev–Trinajstić information content (AvgIpc) is 3.63. The second-order valence-electron chi connectivity index (χ2n) is 12.2. The van der Waals surface area contributed by atoms with E-state index >= 15 is 0 Å². The number of rotatable bonds is 7. The number of H-pyrrole nitrogens is 1. The maximum atomic E-state index is 14.5. The maximum Gasteiger partial charge on any atom is 0.318 e. The largest absolute Gasteiger partial charge is 0.368 e. The number of aryl methyl sites for hydroxylation is 1. The first-order valence-electron chi connectivity index (χ1n) is 15.3. The molecule has 8 heteroatoms. The quantitative estimate of drug-likeness (QED) is 0.319. The van der Waals surface area contributed by atoms with E-state index in [0.29, 0.717) is 19.6 Å². The molecular formula is C35H42N6O2. The van der Waals surface area contributed by atoms with Crippen LogP contribution >= 0.6 is 0 Å². The Balaban J connectivity index is 1.25. The Morgan fingerprint density at radius 2 is 1.67 bits per heavy atom. The molecule has 6 rings (SSSR count).